The molecule has 0 spiro atoms. The van der Waals surface area contributed by atoms with Crippen molar-refractivity contribution in [2.75, 3.05) is 0 Å². The number of rotatable bonds is 0. The fourth-order valence-electron chi connectivity index (χ4n) is 0.890. The van der Waals surface area contributed by atoms with Crippen molar-refractivity contribution < 1.29 is 0 Å². The Balaban J connectivity index is 0.000000461. The first-order valence-corrected chi connectivity index (χ1v) is 4.96. The van der Waals surface area contributed by atoms with Crippen LogP contribution in [-0.2, 0) is 0 Å². The van der Waals surface area contributed by atoms with Crippen molar-refractivity contribution in [2.24, 2.45) is 0 Å². The monoisotopic (exact) mass is 229 g/mol. The zero-order chi connectivity index (χ0) is 10.6. The van der Waals surface area contributed by atoms with Crippen molar-refractivity contribution >= 4 is 34.2 Å². The van der Waals surface area contributed by atoms with Crippen LogP contribution in [0.2, 0.25) is 10.3 Å². The van der Waals surface area contributed by atoms with E-state index in [1.807, 2.05) is 13.8 Å². The Labute approximate surface area is 92.1 Å². The van der Waals surface area contributed by atoms with Crippen LogP contribution in [0.3, 0.4) is 0 Å². The van der Waals surface area contributed by atoms with Gasteiger partial charge in [0.25, 0.3) is 0 Å². The van der Waals surface area contributed by atoms with Gasteiger partial charge in [-0.05, 0) is 6.07 Å². The van der Waals surface area contributed by atoms with Crippen LogP contribution in [0.25, 0.3) is 11.0 Å². The van der Waals surface area contributed by atoms with Crippen LogP contribution in [0, 0.1) is 0 Å². The summed E-state index contributed by atoms with van der Waals surface area (Å²) in [5.74, 6) is 0. The van der Waals surface area contributed by atoms with Gasteiger partial charge >= 0.3 is 0 Å². The summed E-state index contributed by atoms with van der Waals surface area (Å²) in [6, 6.07) is 1.71. The molecule has 2 rings (SSSR count). The number of hydrogen-bond donors (Lipinski definition) is 0. The highest BCUT2D eigenvalue weighted by Crippen LogP contribution is 2.17. The van der Waals surface area contributed by atoms with Crippen molar-refractivity contribution in [1.29, 1.82) is 0 Å². The Morgan fingerprint density at radius 3 is 2.57 bits per heavy atom. The Kier molecular flexibility index (Phi) is 4.04. The lowest BCUT2D eigenvalue weighted by Gasteiger charge is -1.96. The van der Waals surface area contributed by atoms with Crippen LogP contribution in [-0.4, -0.2) is 15.0 Å². The molecule has 74 valence electrons. The summed E-state index contributed by atoms with van der Waals surface area (Å²) >= 11 is 11.4. The standard InChI is InChI=1S/C7H3Cl2N3.C2H6/c8-5-3-11-6-4(12-5)1-2-10-7(6)9;1-2/h1-3H;1-2H3. The zero-order valence-electron chi connectivity index (χ0n) is 7.83. The molecule has 0 aromatic carbocycles. The number of halogens is 2. The fraction of sp³-hybridized carbons (Fsp3) is 0.222. The van der Waals surface area contributed by atoms with Gasteiger partial charge in [-0.25, -0.2) is 15.0 Å². The van der Waals surface area contributed by atoms with Gasteiger partial charge in [-0.15, -0.1) is 0 Å². The first kappa shape index (κ1) is 11.1. The fourth-order valence-corrected chi connectivity index (χ4v) is 1.23. The molecule has 0 unspecified atom stereocenters. The summed E-state index contributed by atoms with van der Waals surface area (Å²) in [6.07, 6.45) is 3.01. The van der Waals surface area contributed by atoms with Gasteiger partial charge in [0.2, 0.25) is 0 Å². The van der Waals surface area contributed by atoms with Crippen LogP contribution in [0.4, 0.5) is 0 Å². The molecule has 0 saturated carbocycles. The van der Waals surface area contributed by atoms with Crippen molar-refractivity contribution in [3.05, 3.63) is 28.8 Å². The Bertz CT molecular complexity index is 431. The Morgan fingerprint density at radius 2 is 1.86 bits per heavy atom. The van der Waals surface area contributed by atoms with Gasteiger partial charge in [0.05, 0.1) is 11.7 Å². The summed E-state index contributed by atoms with van der Waals surface area (Å²) in [4.78, 5) is 11.9. The third-order valence-corrected chi connectivity index (χ3v) is 1.84. The summed E-state index contributed by atoms with van der Waals surface area (Å²) in [7, 11) is 0. The van der Waals surface area contributed by atoms with E-state index in [1.54, 1.807) is 12.3 Å². The lowest BCUT2D eigenvalue weighted by molar-refractivity contribution is 1.25. The second-order valence-electron chi connectivity index (χ2n) is 2.16. The lowest BCUT2D eigenvalue weighted by atomic mass is 10.4. The zero-order valence-corrected chi connectivity index (χ0v) is 9.34. The van der Waals surface area contributed by atoms with Gasteiger partial charge < -0.3 is 0 Å². The molecule has 0 atom stereocenters. The van der Waals surface area contributed by atoms with Gasteiger partial charge in [0.15, 0.2) is 5.15 Å². The van der Waals surface area contributed by atoms with Crippen LogP contribution in [0.15, 0.2) is 18.5 Å². The smallest absolute Gasteiger partial charge is 0.156 e. The molecule has 0 aliphatic carbocycles. The van der Waals surface area contributed by atoms with Gasteiger partial charge in [-0.2, -0.15) is 0 Å². The van der Waals surface area contributed by atoms with Gasteiger partial charge in [-0.3, -0.25) is 0 Å². The number of aromatic nitrogens is 3. The van der Waals surface area contributed by atoms with Crippen molar-refractivity contribution in [3.63, 3.8) is 0 Å². The van der Waals surface area contributed by atoms with Crippen LogP contribution in [0.5, 0.6) is 0 Å². The number of nitrogens with zero attached hydrogens (tertiary/aromatic N) is 3. The number of pyridine rings is 1. The minimum absolute atomic E-state index is 0.344. The minimum Gasteiger partial charge on any atom is -0.248 e. The molecule has 2 aromatic heterocycles. The van der Waals surface area contributed by atoms with Crippen molar-refractivity contribution in [2.45, 2.75) is 13.8 Å². The molecule has 0 aliphatic heterocycles. The van der Waals surface area contributed by atoms with Gasteiger partial charge in [-0.1, -0.05) is 37.0 Å². The molecule has 3 nitrogen and oxygen atoms in total. The molecule has 0 radical (unpaired) electrons. The summed E-state index contributed by atoms with van der Waals surface area (Å²) in [5.41, 5.74) is 1.23. The largest absolute Gasteiger partial charge is 0.248 e. The quantitative estimate of drug-likeness (QED) is 0.651. The first-order chi connectivity index (χ1) is 6.77. The van der Waals surface area contributed by atoms with Crippen LogP contribution < -0.4 is 0 Å². The number of hydrogen-bond acceptors (Lipinski definition) is 3. The maximum Gasteiger partial charge on any atom is 0.156 e. The number of fused-ring (bicyclic) bond motifs is 1. The van der Waals surface area contributed by atoms with E-state index in [0.29, 0.717) is 21.3 Å². The average Bonchev–Trinajstić information content (AvgIpc) is 2.21. The highest BCUT2D eigenvalue weighted by atomic mass is 35.5. The maximum absolute atomic E-state index is 5.75. The molecule has 14 heavy (non-hydrogen) atoms. The molecule has 0 N–H and O–H groups in total. The normalized spacial score (nSPS) is 9.43. The van der Waals surface area contributed by atoms with E-state index in [-0.39, 0.29) is 0 Å². The molecule has 2 heterocycles. The summed E-state index contributed by atoms with van der Waals surface area (Å²) in [6.45, 7) is 4.00. The molecule has 0 amide bonds. The minimum atomic E-state index is 0.344. The molecule has 0 bridgehead atoms. The topological polar surface area (TPSA) is 38.7 Å². The molecular weight excluding hydrogens is 221 g/mol. The molecule has 0 saturated heterocycles. The molecular formula is C9H9Cl2N3. The Hall–Kier alpha value is -0.930. The van der Waals surface area contributed by atoms with E-state index in [1.165, 1.54) is 6.20 Å². The third-order valence-electron chi connectivity index (χ3n) is 1.39. The van der Waals surface area contributed by atoms with Crippen molar-refractivity contribution in [1.82, 2.24) is 15.0 Å². The summed E-state index contributed by atoms with van der Waals surface area (Å²) in [5, 5.41) is 0.696. The SMILES string of the molecule is CC.Clc1cnc2c(Cl)nccc2n1. The van der Waals surface area contributed by atoms with Crippen molar-refractivity contribution in [3.8, 4) is 0 Å². The second-order valence-corrected chi connectivity index (χ2v) is 2.91. The van der Waals surface area contributed by atoms with E-state index in [9.17, 15) is 0 Å². The van der Waals surface area contributed by atoms with E-state index in [4.69, 9.17) is 23.2 Å². The maximum atomic E-state index is 5.75. The summed E-state index contributed by atoms with van der Waals surface area (Å²) < 4.78 is 0. The lowest BCUT2D eigenvalue weighted by Crippen LogP contribution is -1.86. The molecule has 2 aromatic rings. The van der Waals surface area contributed by atoms with Crippen LogP contribution in [0.1, 0.15) is 13.8 Å². The van der Waals surface area contributed by atoms with E-state index in [2.05, 4.69) is 15.0 Å². The third kappa shape index (κ3) is 2.30. The van der Waals surface area contributed by atoms with E-state index < -0.39 is 0 Å². The molecule has 0 fully saturated rings. The highest BCUT2D eigenvalue weighted by Gasteiger charge is 2.01. The van der Waals surface area contributed by atoms with Crippen LogP contribution >= 0.6 is 23.2 Å². The first-order valence-electron chi connectivity index (χ1n) is 4.20. The second kappa shape index (κ2) is 5.08. The molecule has 0 aliphatic rings. The van der Waals surface area contributed by atoms with E-state index in [0.717, 1.165) is 0 Å². The predicted molar refractivity (Wildman–Crippen MR) is 58.7 cm³/mol. The van der Waals surface area contributed by atoms with Gasteiger partial charge in [0.1, 0.15) is 10.7 Å². The highest BCUT2D eigenvalue weighted by molar-refractivity contribution is 6.34. The molecule has 5 heteroatoms. The average molecular weight is 230 g/mol. The van der Waals surface area contributed by atoms with E-state index >= 15 is 0 Å². The van der Waals surface area contributed by atoms with Gasteiger partial charge in [0, 0.05) is 6.20 Å². The predicted octanol–water partition coefficient (Wildman–Crippen LogP) is 3.36. The Morgan fingerprint density at radius 1 is 1.14 bits per heavy atom.